The largest absolute Gasteiger partial charge is 0.391 e. The second kappa shape index (κ2) is 6.30. The Morgan fingerprint density at radius 1 is 1.38 bits per heavy atom. The SMILES string of the molecule is Cc1sc2nc(-c3cccnc3)nc(N3CC(O)CC3C(N)=O)c2c1C. The van der Waals surface area contributed by atoms with Gasteiger partial charge in [0.05, 0.1) is 11.5 Å². The zero-order valence-corrected chi connectivity index (χ0v) is 15.3. The maximum absolute atomic E-state index is 11.9. The maximum Gasteiger partial charge on any atom is 0.240 e. The van der Waals surface area contributed by atoms with Crippen molar-refractivity contribution in [1.29, 1.82) is 0 Å². The van der Waals surface area contributed by atoms with Gasteiger partial charge < -0.3 is 15.7 Å². The number of hydrogen-bond acceptors (Lipinski definition) is 7. The van der Waals surface area contributed by atoms with E-state index < -0.39 is 18.1 Å². The summed E-state index contributed by atoms with van der Waals surface area (Å²) in [6.07, 6.45) is 3.11. The molecule has 26 heavy (non-hydrogen) atoms. The van der Waals surface area contributed by atoms with Gasteiger partial charge in [-0.2, -0.15) is 0 Å². The number of carbonyl (C=O) groups is 1. The minimum atomic E-state index is -0.612. The first kappa shape index (κ1) is 16.9. The quantitative estimate of drug-likeness (QED) is 0.729. The maximum atomic E-state index is 11.9. The number of thiophene rings is 1. The van der Waals surface area contributed by atoms with E-state index in [1.807, 2.05) is 30.9 Å². The molecule has 134 valence electrons. The van der Waals surface area contributed by atoms with E-state index in [9.17, 15) is 9.90 Å². The monoisotopic (exact) mass is 369 g/mol. The van der Waals surface area contributed by atoms with Gasteiger partial charge in [-0.3, -0.25) is 9.78 Å². The van der Waals surface area contributed by atoms with Crippen molar-refractivity contribution in [3.05, 3.63) is 35.0 Å². The summed E-state index contributed by atoms with van der Waals surface area (Å²) in [7, 11) is 0. The molecule has 7 nitrogen and oxygen atoms in total. The van der Waals surface area contributed by atoms with Crippen LogP contribution in [0.3, 0.4) is 0 Å². The summed E-state index contributed by atoms with van der Waals surface area (Å²) in [5.74, 6) is 0.739. The highest BCUT2D eigenvalue weighted by Crippen LogP contribution is 2.38. The van der Waals surface area contributed by atoms with Gasteiger partial charge >= 0.3 is 0 Å². The Kier molecular flexibility index (Phi) is 4.08. The average Bonchev–Trinajstić information content (AvgIpc) is 3.15. The van der Waals surface area contributed by atoms with Crippen LogP contribution in [0.2, 0.25) is 0 Å². The first-order valence-electron chi connectivity index (χ1n) is 8.38. The second-order valence-electron chi connectivity index (χ2n) is 6.54. The van der Waals surface area contributed by atoms with Crippen molar-refractivity contribution in [2.75, 3.05) is 11.4 Å². The minimum absolute atomic E-state index is 0.311. The Morgan fingerprint density at radius 3 is 2.88 bits per heavy atom. The van der Waals surface area contributed by atoms with Crippen molar-refractivity contribution >= 4 is 33.3 Å². The highest BCUT2D eigenvalue weighted by molar-refractivity contribution is 7.18. The molecular formula is C18H19N5O2S. The normalized spacial score (nSPS) is 20.0. The first-order chi connectivity index (χ1) is 12.5. The number of aryl methyl sites for hydroxylation is 2. The Morgan fingerprint density at radius 2 is 2.19 bits per heavy atom. The molecule has 1 amide bonds. The lowest BCUT2D eigenvalue weighted by Crippen LogP contribution is -2.41. The lowest BCUT2D eigenvalue weighted by molar-refractivity contribution is -0.119. The Hall–Kier alpha value is -2.58. The Bertz CT molecular complexity index is 988. The first-order valence-corrected chi connectivity index (χ1v) is 9.19. The van der Waals surface area contributed by atoms with Gasteiger partial charge in [0.1, 0.15) is 16.7 Å². The molecule has 0 radical (unpaired) electrons. The molecule has 2 unspecified atom stereocenters. The summed E-state index contributed by atoms with van der Waals surface area (Å²) in [6, 6.07) is 3.15. The van der Waals surface area contributed by atoms with Gasteiger partial charge in [0.25, 0.3) is 0 Å². The smallest absolute Gasteiger partial charge is 0.240 e. The van der Waals surface area contributed by atoms with Gasteiger partial charge in [-0.1, -0.05) is 0 Å². The summed E-state index contributed by atoms with van der Waals surface area (Å²) in [5.41, 5.74) is 7.47. The molecule has 8 heteroatoms. The van der Waals surface area contributed by atoms with Crippen LogP contribution in [-0.2, 0) is 4.79 Å². The Labute approximate surface area is 154 Å². The van der Waals surface area contributed by atoms with E-state index in [2.05, 4.69) is 4.98 Å². The number of aliphatic hydroxyl groups excluding tert-OH is 1. The number of primary amides is 1. The van der Waals surface area contributed by atoms with E-state index in [-0.39, 0.29) is 0 Å². The van der Waals surface area contributed by atoms with E-state index in [4.69, 9.17) is 15.7 Å². The molecule has 2 atom stereocenters. The number of carbonyl (C=O) groups excluding carboxylic acids is 1. The van der Waals surface area contributed by atoms with Gasteiger partial charge in [-0.25, -0.2) is 9.97 Å². The van der Waals surface area contributed by atoms with Gasteiger partial charge in [-0.15, -0.1) is 11.3 Å². The fourth-order valence-corrected chi connectivity index (χ4v) is 4.40. The number of rotatable bonds is 3. The number of anilines is 1. The predicted octanol–water partition coefficient (Wildman–Crippen LogP) is 1.80. The van der Waals surface area contributed by atoms with Crippen molar-refractivity contribution < 1.29 is 9.90 Å². The molecule has 1 aliphatic rings. The molecule has 3 aromatic rings. The summed E-state index contributed by atoms with van der Waals surface area (Å²) in [4.78, 5) is 29.4. The number of nitrogens with zero attached hydrogens (tertiary/aromatic N) is 4. The van der Waals surface area contributed by atoms with Gasteiger partial charge in [-0.05, 0) is 31.5 Å². The van der Waals surface area contributed by atoms with Crippen LogP contribution in [0, 0.1) is 13.8 Å². The van der Waals surface area contributed by atoms with Crippen LogP contribution in [-0.4, -0.2) is 44.7 Å². The highest BCUT2D eigenvalue weighted by atomic mass is 32.1. The number of fused-ring (bicyclic) bond motifs is 1. The highest BCUT2D eigenvalue weighted by Gasteiger charge is 2.37. The van der Waals surface area contributed by atoms with Crippen molar-refractivity contribution in [2.45, 2.75) is 32.4 Å². The molecule has 0 spiro atoms. The van der Waals surface area contributed by atoms with Crippen molar-refractivity contribution in [1.82, 2.24) is 15.0 Å². The van der Waals surface area contributed by atoms with E-state index in [1.54, 1.807) is 23.7 Å². The van der Waals surface area contributed by atoms with E-state index in [1.165, 1.54) is 0 Å². The van der Waals surface area contributed by atoms with Crippen LogP contribution < -0.4 is 10.6 Å². The number of nitrogens with two attached hydrogens (primary N) is 1. The van der Waals surface area contributed by atoms with E-state index in [0.29, 0.717) is 24.6 Å². The summed E-state index contributed by atoms with van der Waals surface area (Å²) in [5, 5.41) is 11.0. The Balaban J connectivity index is 1.96. The topological polar surface area (TPSA) is 105 Å². The third-order valence-electron chi connectivity index (χ3n) is 4.81. The number of pyridine rings is 1. The summed E-state index contributed by atoms with van der Waals surface area (Å²) >= 11 is 1.59. The minimum Gasteiger partial charge on any atom is -0.391 e. The molecule has 1 fully saturated rings. The molecule has 4 rings (SSSR count). The molecule has 4 heterocycles. The summed E-state index contributed by atoms with van der Waals surface area (Å²) in [6.45, 7) is 4.39. The third-order valence-corrected chi connectivity index (χ3v) is 5.91. The van der Waals surface area contributed by atoms with Gasteiger partial charge in [0.15, 0.2) is 5.82 Å². The zero-order valence-electron chi connectivity index (χ0n) is 14.5. The van der Waals surface area contributed by atoms with Crippen LogP contribution in [0.4, 0.5) is 5.82 Å². The lowest BCUT2D eigenvalue weighted by Gasteiger charge is -2.24. The van der Waals surface area contributed by atoms with Crippen LogP contribution >= 0.6 is 11.3 Å². The van der Waals surface area contributed by atoms with Crippen molar-refractivity contribution in [2.24, 2.45) is 5.73 Å². The van der Waals surface area contributed by atoms with Gasteiger partial charge in [0.2, 0.25) is 5.91 Å². The molecule has 1 saturated heterocycles. The molecule has 0 bridgehead atoms. The number of β-amino-alcohol motifs (C(OH)–C–C–N with tert-alkyl or cyclic N) is 1. The van der Waals surface area contributed by atoms with Crippen molar-refractivity contribution in [3.63, 3.8) is 0 Å². The molecule has 3 aromatic heterocycles. The average molecular weight is 369 g/mol. The zero-order chi connectivity index (χ0) is 18.4. The molecule has 3 N–H and O–H groups in total. The van der Waals surface area contributed by atoms with Gasteiger partial charge in [0, 0.05) is 35.8 Å². The predicted molar refractivity (Wildman–Crippen MR) is 101 cm³/mol. The number of aromatic nitrogens is 3. The molecule has 0 aromatic carbocycles. The van der Waals surface area contributed by atoms with Crippen LogP contribution in [0.25, 0.3) is 21.6 Å². The lowest BCUT2D eigenvalue weighted by atomic mass is 10.1. The molecular weight excluding hydrogens is 350 g/mol. The van der Waals surface area contributed by atoms with Crippen LogP contribution in [0.1, 0.15) is 16.9 Å². The number of hydrogen-bond donors (Lipinski definition) is 2. The fraction of sp³-hybridized carbons (Fsp3) is 0.333. The van der Waals surface area contributed by atoms with Crippen LogP contribution in [0.5, 0.6) is 0 Å². The number of amides is 1. The van der Waals surface area contributed by atoms with E-state index in [0.717, 1.165) is 26.2 Å². The standard InChI is InChI=1S/C18H19N5O2S/c1-9-10(2)26-18-14(9)17(23-8-12(24)6-13(23)15(19)25)21-16(22-18)11-4-3-5-20-7-11/h3-5,7,12-13,24H,6,8H2,1-2H3,(H2,19,25). The fourth-order valence-electron chi connectivity index (χ4n) is 3.38. The second-order valence-corrected chi connectivity index (χ2v) is 7.74. The number of aliphatic hydroxyl groups is 1. The molecule has 0 aliphatic carbocycles. The van der Waals surface area contributed by atoms with Crippen molar-refractivity contribution in [3.8, 4) is 11.4 Å². The van der Waals surface area contributed by atoms with E-state index >= 15 is 0 Å². The van der Waals surface area contributed by atoms with Crippen LogP contribution in [0.15, 0.2) is 24.5 Å². The summed E-state index contributed by atoms with van der Waals surface area (Å²) < 4.78 is 0. The molecule has 0 saturated carbocycles. The third kappa shape index (κ3) is 2.71. The molecule has 1 aliphatic heterocycles.